The predicted molar refractivity (Wildman–Crippen MR) is 438 cm³/mol. The summed E-state index contributed by atoms with van der Waals surface area (Å²) in [7, 11) is 0. The number of aryl methyl sites for hydroxylation is 9. The van der Waals surface area contributed by atoms with Crippen molar-refractivity contribution in [3.8, 4) is 17.2 Å². The molecule has 5 amide bonds. The van der Waals surface area contributed by atoms with Crippen molar-refractivity contribution in [1.29, 1.82) is 0 Å². The maximum absolute atomic E-state index is 13.9. The van der Waals surface area contributed by atoms with E-state index in [4.69, 9.17) is 42.6 Å². The summed E-state index contributed by atoms with van der Waals surface area (Å²) in [5.41, 5.74) is 7.75. The number of nitrogens with one attached hydrogen (secondary N) is 4. The summed E-state index contributed by atoms with van der Waals surface area (Å²) in [6, 6.07) is 24.2. The largest absolute Gasteiger partial charge is 0.494 e. The number of esters is 1. The average molecular weight is 1570 g/mol. The Kier molecular flexibility index (Phi) is 35.2. The van der Waals surface area contributed by atoms with Gasteiger partial charge in [0.25, 0.3) is 0 Å². The summed E-state index contributed by atoms with van der Waals surface area (Å²) in [6.45, 7) is 51.9. The highest BCUT2D eigenvalue weighted by atomic mass is 16.6. The number of ether oxygens (including phenoxy) is 9. The maximum atomic E-state index is 13.9. The van der Waals surface area contributed by atoms with Crippen LogP contribution in [0.4, 0.5) is 29.7 Å². The zero-order valence-electron chi connectivity index (χ0n) is 71.9. The van der Waals surface area contributed by atoms with Crippen molar-refractivity contribution in [2.45, 2.75) is 259 Å². The molecule has 6 aromatic rings. The second-order valence-electron chi connectivity index (χ2n) is 33.9. The second-order valence-corrected chi connectivity index (χ2v) is 33.9. The lowest BCUT2D eigenvalue weighted by Crippen LogP contribution is -2.47. The van der Waals surface area contributed by atoms with Gasteiger partial charge in [0.1, 0.15) is 69.8 Å². The lowest BCUT2D eigenvalue weighted by molar-refractivity contribution is -0.156. The number of anilines is 1. The Morgan fingerprint density at radius 1 is 0.469 bits per heavy atom. The maximum Gasteiger partial charge on any atom is 0.419 e. The normalized spacial score (nSPS) is 12.2. The van der Waals surface area contributed by atoms with Gasteiger partial charge in [0.2, 0.25) is 5.91 Å². The molecule has 0 spiro atoms. The number of imidazole rings is 1. The summed E-state index contributed by atoms with van der Waals surface area (Å²) < 4.78 is 50.4. The van der Waals surface area contributed by atoms with E-state index >= 15 is 0 Å². The first kappa shape index (κ1) is 94.9. The Morgan fingerprint density at radius 2 is 0.912 bits per heavy atom. The molecule has 25 nitrogen and oxygen atoms in total. The highest BCUT2D eigenvalue weighted by Crippen LogP contribution is 2.40. The van der Waals surface area contributed by atoms with Gasteiger partial charge in [0.15, 0.2) is 11.6 Å². The fraction of sp³-hybridized carbons (Fsp3) is 0.523. The summed E-state index contributed by atoms with van der Waals surface area (Å²) in [5.74, 6) is 0.158. The average Bonchev–Trinajstić information content (AvgIpc) is 0.961. The number of rotatable bonds is 23. The third-order valence-corrected chi connectivity index (χ3v) is 15.9. The van der Waals surface area contributed by atoms with E-state index in [1.165, 1.54) is 49.8 Å². The second kappa shape index (κ2) is 41.9. The van der Waals surface area contributed by atoms with Gasteiger partial charge in [-0.3, -0.25) is 24.1 Å². The van der Waals surface area contributed by atoms with Gasteiger partial charge in [-0.2, -0.15) is 0 Å². The van der Waals surface area contributed by atoms with Gasteiger partial charge in [-0.25, -0.2) is 33.5 Å². The Balaban J connectivity index is 0.000000340. The SMILES string of the molecule is CCOc1ccc(C)cc1C.Cc1ccc(C)c(CCCN(CC(=O)OC(C)(C)C)C(=O)OC(C)(C)C)c1.Cc1ccc(C)c(NC(=O)C(Cc2cn(C(=O)OC(C)(C)C)cn2)NC(=O)OC(C)(C)C)c1.Cc1ccc(OCCCNC(=O)OC(C)(C)C)c2c1C(=O)c1c(OCCCNC(=O)OC(C)(C)C)ccc(C)c1C2=O. The molecule has 0 aliphatic heterocycles. The van der Waals surface area contributed by atoms with Crippen molar-refractivity contribution in [2.75, 3.05) is 51.3 Å². The number of alkyl carbamates (subject to hydrolysis) is 3. The van der Waals surface area contributed by atoms with Crippen LogP contribution in [0.25, 0.3) is 0 Å². The fourth-order valence-corrected chi connectivity index (χ4v) is 11.0. The van der Waals surface area contributed by atoms with E-state index in [1.54, 1.807) is 121 Å². The fourth-order valence-electron chi connectivity index (χ4n) is 11.0. The first-order valence-electron chi connectivity index (χ1n) is 38.4. The van der Waals surface area contributed by atoms with Crippen LogP contribution in [0, 0.1) is 55.4 Å². The van der Waals surface area contributed by atoms with Crippen molar-refractivity contribution < 1.29 is 85.8 Å². The molecule has 1 unspecified atom stereocenters. The predicted octanol–water partition coefficient (Wildman–Crippen LogP) is 17.5. The summed E-state index contributed by atoms with van der Waals surface area (Å²) in [4.78, 5) is 120. The number of fused-ring (bicyclic) bond motifs is 2. The van der Waals surface area contributed by atoms with Gasteiger partial charge in [-0.1, -0.05) is 65.7 Å². The first-order valence-corrected chi connectivity index (χ1v) is 38.4. The number of ketones is 2. The minimum absolute atomic E-state index is 0.0474. The smallest absolute Gasteiger partial charge is 0.419 e. The number of carbonyl (C=O) groups is 9. The Bertz CT molecular complexity index is 4160. The Morgan fingerprint density at radius 3 is 1.39 bits per heavy atom. The van der Waals surface area contributed by atoms with Gasteiger partial charge in [-0.05, 0) is 276 Å². The molecule has 1 aliphatic rings. The molecule has 0 saturated carbocycles. The quantitative estimate of drug-likeness (QED) is 0.0263. The van der Waals surface area contributed by atoms with Crippen LogP contribution in [0.3, 0.4) is 0 Å². The number of aromatic nitrogens is 2. The van der Waals surface area contributed by atoms with Crippen LogP contribution in [0.2, 0.25) is 0 Å². The molecular formula is C88H125N7O18. The van der Waals surface area contributed by atoms with Crippen LogP contribution in [-0.2, 0) is 50.9 Å². The minimum Gasteiger partial charge on any atom is -0.494 e. The van der Waals surface area contributed by atoms with Crippen LogP contribution in [0.1, 0.15) is 238 Å². The van der Waals surface area contributed by atoms with Gasteiger partial charge in [0.05, 0.1) is 36.6 Å². The molecule has 5 aromatic carbocycles. The highest BCUT2D eigenvalue weighted by Gasteiger charge is 2.38. The van der Waals surface area contributed by atoms with Crippen molar-refractivity contribution in [1.82, 2.24) is 30.4 Å². The van der Waals surface area contributed by atoms with Gasteiger partial charge in [-0.15, -0.1) is 0 Å². The number of hydrogen-bond acceptors (Lipinski definition) is 19. The number of carbonyl (C=O) groups excluding carboxylic acids is 9. The van der Waals surface area contributed by atoms with Crippen molar-refractivity contribution in [2.24, 2.45) is 0 Å². The standard InChI is InChI=1S/C32H42N2O8.C24H34N4O5.C22H35NO4.C10H14O/c1-19-11-13-21(39-17-9-15-33-29(37)41-31(3,4)5)25-23(19)27(35)26-22(14-12-20(2)24(26)28(25)36)40-18-10-16-34-30(38)42-32(6,7)8;1-15-9-10-16(2)18(11-15)26-20(29)19(27-21(30)32-23(3,4)5)12-17-13-28(14-25-17)22(31)33-24(6,7)8;1-16-11-12-17(2)18(14-16)10-9-13-23(20(25)27-22(6,7)8)15-19(24)26-21(3,4)5;1-4-11-10-6-5-8(2)7-9(10)3/h11-14H,9-10,15-18H2,1-8H3,(H,33,37)(H,34,38);9-11,13-14,19H,12H2,1-8H3,(H,26,29)(H,27,30);11-12,14H,9-10,13,15H2,1-8H3;5-7H,4H2,1-3H3. The molecule has 25 heteroatoms. The first-order chi connectivity index (χ1) is 52.2. The van der Waals surface area contributed by atoms with Gasteiger partial charge in [0, 0.05) is 49.1 Å². The lowest BCUT2D eigenvalue weighted by Gasteiger charge is -2.28. The number of amides is 5. The Labute approximate surface area is 669 Å². The zero-order chi connectivity index (χ0) is 85.3. The van der Waals surface area contributed by atoms with Crippen LogP contribution in [-0.4, -0.2) is 154 Å². The van der Waals surface area contributed by atoms with Crippen LogP contribution < -0.4 is 35.5 Å². The molecule has 0 bridgehead atoms. The van der Waals surface area contributed by atoms with E-state index in [0.29, 0.717) is 77.6 Å². The number of hydrogen-bond donors (Lipinski definition) is 4. The molecule has 1 heterocycles. The van der Waals surface area contributed by atoms with E-state index in [9.17, 15) is 43.2 Å². The molecule has 1 aliphatic carbocycles. The molecule has 4 N–H and O–H groups in total. The van der Waals surface area contributed by atoms with E-state index < -0.39 is 82.0 Å². The number of benzene rings is 5. The van der Waals surface area contributed by atoms with Crippen molar-refractivity contribution in [3.63, 3.8) is 0 Å². The third-order valence-electron chi connectivity index (χ3n) is 15.9. The molecule has 0 fully saturated rings. The molecule has 1 aromatic heterocycles. The topological polar surface area (TPSA) is 306 Å². The summed E-state index contributed by atoms with van der Waals surface area (Å²) in [6.07, 6.45) is 2.53. The minimum atomic E-state index is -0.984. The lowest BCUT2D eigenvalue weighted by atomic mass is 9.79. The van der Waals surface area contributed by atoms with E-state index in [1.807, 2.05) is 86.6 Å². The summed E-state index contributed by atoms with van der Waals surface area (Å²) >= 11 is 0. The highest BCUT2D eigenvalue weighted by molar-refractivity contribution is 6.31. The van der Waals surface area contributed by atoms with Crippen molar-refractivity contribution in [3.05, 3.63) is 169 Å². The molecule has 620 valence electrons. The molecular weight excluding hydrogens is 1440 g/mol. The molecule has 1 atom stereocenters. The van der Waals surface area contributed by atoms with E-state index in [0.717, 1.165) is 36.3 Å². The number of nitrogens with zero attached hydrogens (tertiary/aromatic N) is 3. The molecule has 7 rings (SSSR count). The van der Waals surface area contributed by atoms with E-state index in [-0.39, 0.29) is 48.9 Å². The van der Waals surface area contributed by atoms with Crippen LogP contribution >= 0.6 is 0 Å². The Hall–Kier alpha value is -10.5. The van der Waals surface area contributed by atoms with Gasteiger partial charge < -0.3 is 63.9 Å². The van der Waals surface area contributed by atoms with Crippen LogP contribution in [0.15, 0.2) is 91.4 Å². The van der Waals surface area contributed by atoms with Crippen LogP contribution in [0.5, 0.6) is 17.2 Å². The van der Waals surface area contributed by atoms with Gasteiger partial charge >= 0.3 is 36.4 Å². The molecule has 113 heavy (non-hydrogen) atoms. The monoisotopic (exact) mass is 1570 g/mol. The zero-order valence-corrected chi connectivity index (χ0v) is 71.9. The van der Waals surface area contributed by atoms with E-state index in [2.05, 4.69) is 84.3 Å². The molecule has 0 radical (unpaired) electrons. The van der Waals surface area contributed by atoms with Crippen molar-refractivity contribution >= 4 is 59.6 Å². The molecule has 0 saturated heterocycles. The summed E-state index contributed by atoms with van der Waals surface area (Å²) in [5, 5.41) is 10.8. The third kappa shape index (κ3) is 34.6.